The van der Waals surface area contributed by atoms with Crippen molar-refractivity contribution in [3.63, 3.8) is 0 Å². The van der Waals surface area contributed by atoms with Gasteiger partial charge in [0.05, 0.1) is 19.0 Å². The number of hydrogen-bond acceptors (Lipinski definition) is 7. The zero-order valence-corrected chi connectivity index (χ0v) is 18.6. The van der Waals surface area contributed by atoms with Crippen LogP contribution in [0.25, 0.3) is 10.9 Å². The molecule has 0 saturated carbocycles. The molecular weight excluding hydrogens is 414 g/mol. The van der Waals surface area contributed by atoms with Gasteiger partial charge in [0.1, 0.15) is 29.0 Å². The summed E-state index contributed by atoms with van der Waals surface area (Å²) in [5.74, 6) is -0.549. The van der Waals surface area contributed by atoms with E-state index in [9.17, 15) is 14.7 Å². The molecule has 0 aliphatic carbocycles. The number of methoxy groups -OCH3 is 1. The molecular formula is C23H25N3O6. The molecule has 3 rings (SSSR count). The van der Waals surface area contributed by atoms with Crippen LogP contribution in [0.15, 0.2) is 42.7 Å². The Morgan fingerprint density at radius 2 is 1.81 bits per heavy atom. The minimum absolute atomic E-state index is 0.0640. The first-order valence-corrected chi connectivity index (χ1v) is 9.83. The van der Waals surface area contributed by atoms with Crippen molar-refractivity contribution in [3.8, 4) is 11.6 Å². The molecule has 0 unspecified atom stereocenters. The van der Waals surface area contributed by atoms with Crippen LogP contribution in [0.4, 0.5) is 10.5 Å². The summed E-state index contributed by atoms with van der Waals surface area (Å²) in [6, 6.07) is 8.61. The number of nitrogens with zero attached hydrogens (tertiary/aromatic N) is 3. The molecule has 0 bridgehead atoms. The lowest BCUT2D eigenvalue weighted by Crippen LogP contribution is -2.34. The molecule has 0 aliphatic heterocycles. The first-order chi connectivity index (χ1) is 15.1. The maximum atomic E-state index is 12.5. The van der Waals surface area contributed by atoms with Crippen molar-refractivity contribution >= 4 is 28.7 Å². The van der Waals surface area contributed by atoms with E-state index in [2.05, 4.69) is 9.97 Å². The van der Waals surface area contributed by atoms with E-state index in [1.165, 1.54) is 30.4 Å². The van der Waals surface area contributed by atoms with Crippen LogP contribution in [0.1, 0.15) is 36.7 Å². The average Bonchev–Trinajstić information content (AvgIpc) is 2.75. The van der Waals surface area contributed by atoms with Crippen LogP contribution in [0.3, 0.4) is 0 Å². The standard InChI is InChI=1S/C23H25N3O6/c1-23(2,3)32-22(29)26(4)18-12-24-11-15-10-17(21(27)28)20(25-19(15)18)31-13-14-6-8-16(30-5)9-7-14/h6-12H,13H2,1-5H3,(H,27,28). The van der Waals surface area contributed by atoms with Crippen molar-refractivity contribution in [2.45, 2.75) is 33.0 Å². The van der Waals surface area contributed by atoms with Crippen molar-refractivity contribution in [3.05, 3.63) is 53.9 Å². The topological polar surface area (TPSA) is 111 Å². The van der Waals surface area contributed by atoms with E-state index >= 15 is 0 Å². The molecule has 9 heteroatoms. The number of carbonyl (C=O) groups excluding carboxylic acids is 1. The van der Waals surface area contributed by atoms with Gasteiger partial charge in [-0.3, -0.25) is 9.88 Å². The van der Waals surface area contributed by atoms with Crippen molar-refractivity contribution < 1.29 is 28.9 Å². The molecule has 0 saturated heterocycles. The van der Waals surface area contributed by atoms with Gasteiger partial charge in [-0.1, -0.05) is 12.1 Å². The summed E-state index contributed by atoms with van der Waals surface area (Å²) in [7, 11) is 3.11. The SMILES string of the molecule is COc1ccc(COc2nc3c(N(C)C(=O)OC(C)(C)C)cncc3cc2C(=O)O)cc1. The van der Waals surface area contributed by atoms with E-state index in [1.807, 2.05) is 12.1 Å². The fraction of sp³-hybridized carbons (Fsp3) is 0.304. The normalized spacial score (nSPS) is 11.2. The number of benzene rings is 1. The molecule has 1 N–H and O–H groups in total. The van der Waals surface area contributed by atoms with Crippen LogP contribution < -0.4 is 14.4 Å². The highest BCUT2D eigenvalue weighted by Gasteiger charge is 2.24. The van der Waals surface area contributed by atoms with Crippen LogP contribution in [0, 0.1) is 0 Å². The fourth-order valence-corrected chi connectivity index (χ4v) is 2.88. The fourth-order valence-electron chi connectivity index (χ4n) is 2.88. The molecule has 0 spiro atoms. The number of carboxylic acid groups (broad SMARTS) is 1. The highest BCUT2D eigenvalue weighted by molar-refractivity contribution is 6.02. The predicted octanol–water partition coefficient (Wildman–Crippen LogP) is 4.29. The smallest absolute Gasteiger partial charge is 0.414 e. The van der Waals surface area contributed by atoms with Crippen molar-refractivity contribution in [1.29, 1.82) is 0 Å². The molecule has 0 radical (unpaired) electrons. The summed E-state index contributed by atoms with van der Waals surface area (Å²) in [5.41, 5.74) is 0.751. The van der Waals surface area contributed by atoms with Gasteiger partial charge in [-0.15, -0.1) is 0 Å². The van der Waals surface area contributed by atoms with E-state index in [0.29, 0.717) is 22.3 Å². The summed E-state index contributed by atoms with van der Waals surface area (Å²) in [6.45, 7) is 5.40. The summed E-state index contributed by atoms with van der Waals surface area (Å²) < 4.78 is 16.3. The molecule has 3 aromatic rings. The highest BCUT2D eigenvalue weighted by Crippen LogP contribution is 2.30. The largest absolute Gasteiger partial charge is 0.497 e. The molecule has 32 heavy (non-hydrogen) atoms. The van der Waals surface area contributed by atoms with Gasteiger partial charge in [0.25, 0.3) is 0 Å². The Hall–Kier alpha value is -3.88. The number of hydrogen-bond donors (Lipinski definition) is 1. The number of amides is 1. The van der Waals surface area contributed by atoms with Crippen LogP contribution in [0.5, 0.6) is 11.6 Å². The third-order valence-corrected chi connectivity index (χ3v) is 4.46. The molecule has 0 fully saturated rings. The lowest BCUT2D eigenvalue weighted by atomic mass is 10.1. The summed E-state index contributed by atoms with van der Waals surface area (Å²) in [6.07, 6.45) is 2.36. The molecule has 2 heterocycles. The molecule has 1 aromatic carbocycles. The second kappa shape index (κ2) is 9.09. The summed E-state index contributed by atoms with van der Waals surface area (Å²) in [4.78, 5) is 34.2. The van der Waals surface area contributed by atoms with Crippen molar-refractivity contribution in [2.24, 2.45) is 0 Å². The Morgan fingerprint density at radius 3 is 2.41 bits per heavy atom. The minimum atomic E-state index is -1.19. The third-order valence-electron chi connectivity index (χ3n) is 4.46. The number of rotatable bonds is 6. The maximum Gasteiger partial charge on any atom is 0.414 e. The van der Waals surface area contributed by atoms with E-state index in [4.69, 9.17) is 14.2 Å². The van der Waals surface area contributed by atoms with Crippen LogP contribution in [0.2, 0.25) is 0 Å². The predicted molar refractivity (Wildman–Crippen MR) is 118 cm³/mol. The van der Waals surface area contributed by atoms with Crippen LogP contribution >= 0.6 is 0 Å². The number of carboxylic acids is 1. The Bertz CT molecular complexity index is 1140. The van der Waals surface area contributed by atoms with E-state index < -0.39 is 17.7 Å². The van der Waals surface area contributed by atoms with Crippen LogP contribution in [-0.2, 0) is 11.3 Å². The van der Waals surface area contributed by atoms with Crippen LogP contribution in [-0.4, -0.2) is 46.9 Å². The van der Waals surface area contributed by atoms with Gasteiger partial charge in [-0.05, 0) is 44.5 Å². The lowest BCUT2D eigenvalue weighted by molar-refractivity contribution is 0.0588. The Kier molecular flexibility index (Phi) is 6.47. The van der Waals surface area contributed by atoms with Gasteiger partial charge in [0.2, 0.25) is 5.88 Å². The molecule has 1 amide bonds. The van der Waals surface area contributed by atoms with E-state index in [0.717, 1.165) is 5.56 Å². The lowest BCUT2D eigenvalue weighted by Gasteiger charge is -2.25. The van der Waals surface area contributed by atoms with Gasteiger partial charge < -0.3 is 19.3 Å². The third kappa shape index (κ3) is 5.23. The number of aromatic carboxylic acids is 1. The first-order valence-electron chi connectivity index (χ1n) is 9.83. The second-order valence-electron chi connectivity index (χ2n) is 8.05. The van der Waals surface area contributed by atoms with Gasteiger partial charge in [0.15, 0.2) is 0 Å². The summed E-state index contributed by atoms with van der Waals surface area (Å²) >= 11 is 0. The number of fused-ring (bicyclic) bond motifs is 1. The number of pyridine rings is 2. The van der Waals surface area contributed by atoms with Gasteiger partial charge in [-0.25, -0.2) is 14.6 Å². The monoisotopic (exact) mass is 439 g/mol. The average molecular weight is 439 g/mol. The van der Waals surface area contributed by atoms with Crippen molar-refractivity contribution in [2.75, 3.05) is 19.1 Å². The zero-order valence-electron chi connectivity index (χ0n) is 18.6. The van der Waals surface area contributed by atoms with Gasteiger partial charge in [-0.2, -0.15) is 0 Å². The minimum Gasteiger partial charge on any atom is -0.497 e. The highest BCUT2D eigenvalue weighted by atomic mass is 16.6. The number of aromatic nitrogens is 2. The van der Waals surface area contributed by atoms with E-state index in [-0.39, 0.29) is 18.1 Å². The number of anilines is 1. The van der Waals surface area contributed by atoms with Gasteiger partial charge in [0, 0.05) is 18.6 Å². The quantitative estimate of drug-likeness (QED) is 0.606. The molecule has 0 aliphatic rings. The maximum absolute atomic E-state index is 12.5. The number of ether oxygens (including phenoxy) is 3. The Morgan fingerprint density at radius 1 is 1.12 bits per heavy atom. The Labute approximate surface area is 185 Å². The second-order valence-corrected chi connectivity index (χ2v) is 8.05. The number of carbonyl (C=O) groups is 2. The molecule has 9 nitrogen and oxygen atoms in total. The molecule has 0 atom stereocenters. The van der Waals surface area contributed by atoms with E-state index in [1.54, 1.807) is 40.0 Å². The van der Waals surface area contributed by atoms with Gasteiger partial charge >= 0.3 is 12.1 Å². The van der Waals surface area contributed by atoms with Crippen molar-refractivity contribution in [1.82, 2.24) is 9.97 Å². The zero-order chi connectivity index (χ0) is 23.5. The summed E-state index contributed by atoms with van der Waals surface area (Å²) in [5, 5.41) is 10.1. The Balaban J connectivity index is 1.98. The first kappa shape index (κ1) is 22.8. The molecule has 168 valence electrons. The molecule has 2 aromatic heterocycles.